The zero-order chi connectivity index (χ0) is 28.6. The van der Waals surface area contributed by atoms with Crippen LogP contribution in [0.1, 0.15) is 19.8 Å². The summed E-state index contributed by atoms with van der Waals surface area (Å²) in [6, 6.07) is 7.70. The maximum Gasteiger partial charge on any atom is 0.319 e. The molecule has 0 radical (unpaired) electrons. The molecule has 1 fully saturated rings. The summed E-state index contributed by atoms with van der Waals surface area (Å²) in [5.41, 5.74) is 1.54. The van der Waals surface area contributed by atoms with E-state index in [1.807, 2.05) is 0 Å². The van der Waals surface area contributed by atoms with Crippen LogP contribution >= 0.6 is 11.6 Å². The van der Waals surface area contributed by atoms with Gasteiger partial charge in [-0.2, -0.15) is 0 Å². The van der Waals surface area contributed by atoms with Crippen LogP contribution < -0.4 is 15.4 Å². The molecule has 2 aromatic carbocycles. The van der Waals surface area contributed by atoms with Crippen molar-refractivity contribution < 1.29 is 28.6 Å². The normalized spacial score (nSPS) is 13.9. The van der Waals surface area contributed by atoms with Gasteiger partial charge in [-0.25, -0.2) is 14.4 Å². The summed E-state index contributed by atoms with van der Waals surface area (Å²) in [6.07, 6.45) is 5.89. The van der Waals surface area contributed by atoms with Crippen LogP contribution in [0.5, 0.6) is 5.75 Å². The van der Waals surface area contributed by atoms with E-state index in [1.165, 1.54) is 37.7 Å². The van der Waals surface area contributed by atoms with Crippen LogP contribution in [0.25, 0.3) is 10.9 Å². The Hall–Kier alpha value is -3.80. The number of nitrogens with zero attached hydrogens (tertiary/aromatic N) is 3. The van der Waals surface area contributed by atoms with E-state index in [1.54, 1.807) is 30.0 Å². The number of carbonyl (C=O) groups is 2. The molecule has 212 valence electrons. The first-order valence-electron chi connectivity index (χ1n) is 12.8. The predicted molar refractivity (Wildman–Crippen MR) is 150 cm³/mol. The number of carbonyl (C=O) groups excluding carboxylic acids is 2. The first kappa shape index (κ1) is 29.2. The number of methoxy groups -OCH3 is 1. The number of amides is 1. The van der Waals surface area contributed by atoms with Crippen LogP contribution in [0.15, 0.2) is 48.8 Å². The minimum Gasteiger partial charge on any atom is -0.491 e. The largest absolute Gasteiger partial charge is 0.491 e. The van der Waals surface area contributed by atoms with E-state index in [0.29, 0.717) is 46.4 Å². The van der Waals surface area contributed by atoms with Crippen molar-refractivity contribution in [1.29, 1.82) is 0 Å². The number of aliphatic hydroxyl groups excluding tert-OH is 1. The van der Waals surface area contributed by atoms with Gasteiger partial charge in [-0.3, -0.25) is 14.5 Å². The van der Waals surface area contributed by atoms with Crippen LogP contribution in [0.4, 0.5) is 21.6 Å². The lowest BCUT2D eigenvalue weighted by molar-refractivity contribution is -0.142. The molecule has 12 heteroatoms. The summed E-state index contributed by atoms with van der Waals surface area (Å²) in [5.74, 6) is -0.000583. The van der Waals surface area contributed by atoms with Gasteiger partial charge in [0.1, 0.15) is 23.7 Å². The molecule has 0 unspecified atom stereocenters. The average molecular weight is 572 g/mol. The molecule has 0 saturated heterocycles. The van der Waals surface area contributed by atoms with Gasteiger partial charge in [0.15, 0.2) is 0 Å². The molecule has 1 atom stereocenters. The second kappa shape index (κ2) is 13.5. The summed E-state index contributed by atoms with van der Waals surface area (Å²) in [6.45, 7) is 2.60. The van der Waals surface area contributed by atoms with Gasteiger partial charge in [0.2, 0.25) is 5.91 Å². The summed E-state index contributed by atoms with van der Waals surface area (Å²) in [4.78, 5) is 34.9. The van der Waals surface area contributed by atoms with E-state index in [4.69, 9.17) is 21.1 Å². The van der Waals surface area contributed by atoms with E-state index in [9.17, 15) is 19.1 Å². The Bertz CT molecular complexity index is 1400. The van der Waals surface area contributed by atoms with Gasteiger partial charge in [-0.05, 0) is 49.9 Å². The molecular weight excluding hydrogens is 541 g/mol. The predicted octanol–water partition coefficient (Wildman–Crippen LogP) is 4.31. The fourth-order valence-corrected chi connectivity index (χ4v) is 4.09. The molecular formula is C28H31ClFN5O5. The van der Waals surface area contributed by atoms with Crippen molar-refractivity contribution >= 4 is 51.6 Å². The number of ether oxygens (including phenoxy) is 2. The van der Waals surface area contributed by atoms with E-state index < -0.39 is 23.8 Å². The van der Waals surface area contributed by atoms with Gasteiger partial charge in [0.05, 0.1) is 42.6 Å². The molecule has 1 saturated carbocycles. The average Bonchev–Trinajstić information content (AvgIpc) is 3.74. The smallest absolute Gasteiger partial charge is 0.319 e. The van der Waals surface area contributed by atoms with Gasteiger partial charge in [-0.15, -0.1) is 0 Å². The number of benzene rings is 2. The molecule has 40 heavy (non-hydrogen) atoms. The number of aliphatic hydroxyl groups is 1. The number of esters is 1. The highest BCUT2D eigenvalue weighted by atomic mass is 35.5. The molecule has 4 rings (SSSR count). The van der Waals surface area contributed by atoms with E-state index in [-0.39, 0.29) is 24.7 Å². The second-order valence-corrected chi connectivity index (χ2v) is 10.0. The van der Waals surface area contributed by atoms with E-state index in [2.05, 4.69) is 20.6 Å². The quantitative estimate of drug-likeness (QED) is 0.203. The highest BCUT2D eigenvalue weighted by molar-refractivity contribution is 6.31. The molecule has 0 aliphatic heterocycles. The highest BCUT2D eigenvalue weighted by Gasteiger charge is 2.23. The maximum absolute atomic E-state index is 13.6. The first-order valence-corrected chi connectivity index (χ1v) is 13.2. The van der Waals surface area contributed by atoms with Crippen molar-refractivity contribution in [2.75, 3.05) is 44.0 Å². The SMILES string of the molecule is COC(=O)CN(CC=CC(=O)Nc1cc2c(Nc3ccc(F)c(Cl)c3)ncnc2cc1OCC1CC1)C[C@@H](C)O. The number of anilines is 3. The molecule has 1 heterocycles. The molecule has 0 bridgehead atoms. The van der Waals surface area contributed by atoms with Crippen molar-refractivity contribution in [2.24, 2.45) is 5.92 Å². The van der Waals surface area contributed by atoms with Crippen LogP contribution in [0, 0.1) is 11.7 Å². The number of aromatic nitrogens is 2. The zero-order valence-corrected chi connectivity index (χ0v) is 22.9. The fraction of sp³-hybridized carbons (Fsp3) is 0.357. The van der Waals surface area contributed by atoms with Crippen molar-refractivity contribution in [1.82, 2.24) is 14.9 Å². The molecule has 10 nitrogen and oxygen atoms in total. The molecule has 3 aromatic rings. The lowest BCUT2D eigenvalue weighted by Gasteiger charge is -2.20. The third-order valence-corrected chi connectivity index (χ3v) is 6.37. The minimum atomic E-state index is -0.661. The monoisotopic (exact) mass is 571 g/mol. The van der Waals surface area contributed by atoms with Gasteiger partial charge in [0.25, 0.3) is 0 Å². The van der Waals surface area contributed by atoms with Crippen molar-refractivity contribution in [3.63, 3.8) is 0 Å². The summed E-state index contributed by atoms with van der Waals surface area (Å²) in [7, 11) is 1.29. The number of hydrogen-bond acceptors (Lipinski definition) is 9. The Morgan fingerprint density at radius 1 is 1.27 bits per heavy atom. The van der Waals surface area contributed by atoms with Gasteiger partial charge in [0, 0.05) is 36.3 Å². The molecule has 0 spiro atoms. The van der Waals surface area contributed by atoms with E-state index >= 15 is 0 Å². The Kier molecular flexibility index (Phi) is 9.86. The molecule has 1 aliphatic carbocycles. The topological polar surface area (TPSA) is 126 Å². The van der Waals surface area contributed by atoms with Crippen LogP contribution in [0.2, 0.25) is 5.02 Å². The number of fused-ring (bicyclic) bond motifs is 1. The summed E-state index contributed by atoms with van der Waals surface area (Å²) in [5, 5.41) is 16.3. The highest BCUT2D eigenvalue weighted by Crippen LogP contribution is 2.36. The van der Waals surface area contributed by atoms with Gasteiger partial charge in [-0.1, -0.05) is 17.7 Å². The molecule has 3 N–H and O–H groups in total. The maximum atomic E-state index is 13.6. The van der Waals surface area contributed by atoms with E-state index in [0.717, 1.165) is 12.8 Å². The number of nitrogens with one attached hydrogen (secondary N) is 2. The van der Waals surface area contributed by atoms with Crippen LogP contribution in [-0.4, -0.2) is 71.3 Å². The molecule has 1 amide bonds. The number of rotatable bonds is 13. The number of halogens is 2. The van der Waals surface area contributed by atoms with Crippen molar-refractivity contribution in [3.8, 4) is 5.75 Å². The Morgan fingerprint density at radius 3 is 2.77 bits per heavy atom. The molecule has 1 aliphatic rings. The van der Waals surface area contributed by atoms with Crippen molar-refractivity contribution in [3.05, 3.63) is 59.7 Å². The van der Waals surface area contributed by atoms with Crippen molar-refractivity contribution in [2.45, 2.75) is 25.9 Å². The van der Waals surface area contributed by atoms with Gasteiger partial charge < -0.3 is 25.2 Å². The third-order valence-electron chi connectivity index (χ3n) is 6.08. The zero-order valence-electron chi connectivity index (χ0n) is 22.2. The summed E-state index contributed by atoms with van der Waals surface area (Å²) >= 11 is 5.93. The Balaban J connectivity index is 1.55. The van der Waals surface area contributed by atoms with Crippen LogP contribution in [0.3, 0.4) is 0 Å². The minimum absolute atomic E-state index is 0.0216. The lowest BCUT2D eigenvalue weighted by Crippen LogP contribution is -2.36. The fourth-order valence-electron chi connectivity index (χ4n) is 3.91. The van der Waals surface area contributed by atoms with Gasteiger partial charge >= 0.3 is 5.97 Å². The second-order valence-electron chi connectivity index (χ2n) is 9.61. The Morgan fingerprint density at radius 2 is 2.08 bits per heavy atom. The Labute approximate surface area is 236 Å². The molecule has 1 aromatic heterocycles. The van der Waals surface area contributed by atoms with Crippen LogP contribution in [-0.2, 0) is 14.3 Å². The first-order chi connectivity index (χ1) is 19.2. The summed E-state index contributed by atoms with van der Waals surface area (Å²) < 4.78 is 24.4. The third kappa shape index (κ3) is 8.35. The standard InChI is InChI=1S/C28H31ClFN5O5/c1-17(36)13-35(14-27(38)39-2)9-3-4-26(37)34-24-11-20-23(12-25(24)40-15-18-5-6-18)31-16-32-28(20)33-19-7-8-22(30)21(29)10-19/h3-4,7-8,10-12,16-18,36H,5-6,9,13-15H2,1-2H3,(H,34,37)(H,31,32,33)/t17-/m1/s1. The number of hydrogen-bond donors (Lipinski definition) is 3. The lowest BCUT2D eigenvalue weighted by atomic mass is 10.1.